The fraction of sp³-hybridized carbons (Fsp3) is 0.385. The predicted molar refractivity (Wildman–Crippen MR) is 76.0 cm³/mol. The first-order chi connectivity index (χ1) is 9.33. The molecule has 5 nitrogen and oxygen atoms in total. The van der Waals surface area contributed by atoms with Crippen LogP contribution in [0, 0.1) is 0 Å². The average molecular weight is 326 g/mol. The number of nitrogens with zero attached hydrogens (tertiary/aromatic N) is 3. The lowest BCUT2D eigenvalue weighted by Gasteiger charge is -2.09. The molecule has 0 aliphatic rings. The Hall–Kier alpha value is -1.56. The van der Waals surface area contributed by atoms with Crippen molar-refractivity contribution in [1.29, 1.82) is 0 Å². The van der Waals surface area contributed by atoms with Crippen LogP contribution in [-0.2, 0) is 13.0 Å². The van der Waals surface area contributed by atoms with Crippen LogP contribution in [-0.4, -0.2) is 34.0 Å². The normalized spacial score (nSPS) is 10.4. The number of ether oxygens (including phenoxy) is 2. The number of rotatable bonds is 7. The number of aromatic nitrogens is 3. The number of benzene rings is 1. The predicted octanol–water partition coefficient (Wildman–Crippen LogP) is 2.30. The van der Waals surface area contributed by atoms with E-state index in [9.17, 15) is 0 Å². The molecule has 0 saturated carbocycles. The number of methoxy groups -OCH3 is 1. The van der Waals surface area contributed by atoms with Crippen molar-refractivity contribution in [1.82, 2.24) is 15.0 Å². The molecular weight excluding hydrogens is 310 g/mol. The van der Waals surface area contributed by atoms with Gasteiger partial charge in [0.1, 0.15) is 6.61 Å². The average Bonchev–Trinajstić information content (AvgIpc) is 2.87. The highest BCUT2D eigenvalue weighted by Gasteiger charge is 2.03. The summed E-state index contributed by atoms with van der Waals surface area (Å²) in [6.07, 6.45) is 2.82. The van der Waals surface area contributed by atoms with Gasteiger partial charge in [-0.15, -0.1) is 5.10 Å². The quantitative estimate of drug-likeness (QED) is 0.733. The highest BCUT2D eigenvalue weighted by Crippen LogP contribution is 2.25. The second-order valence-corrected chi connectivity index (χ2v) is 4.70. The molecule has 0 saturated heterocycles. The van der Waals surface area contributed by atoms with E-state index in [1.807, 2.05) is 30.5 Å². The molecule has 1 aromatic carbocycles. The Morgan fingerprint density at radius 3 is 2.79 bits per heavy atom. The van der Waals surface area contributed by atoms with Gasteiger partial charge in [0.25, 0.3) is 0 Å². The molecule has 0 fully saturated rings. The van der Waals surface area contributed by atoms with E-state index < -0.39 is 0 Å². The number of hydrogen-bond acceptors (Lipinski definition) is 4. The number of aryl methyl sites for hydroxylation is 1. The van der Waals surface area contributed by atoms with Crippen LogP contribution in [0.1, 0.15) is 5.69 Å². The maximum Gasteiger partial charge on any atom is 0.161 e. The first-order valence-corrected chi connectivity index (χ1v) is 7.16. The molecule has 0 aliphatic heterocycles. The summed E-state index contributed by atoms with van der Waals surface area (Å²) in [5.74, 6) is 1.48. The minimum atomic E-state index is 0.525. The lowest BCUT2D eigenvalue weighted by Crippen LogP contribution is -2.09. The molecule has 0 spiro atoms. The van der Waals surface area contributed by atoms with Crippen LogP contribution >= 0.6 is 15.9 Å². The van der Waals surface area contributed by atoms with Gasteiger partial charge in [0.05, 0.1) is 19.3 Å². The van der Waals surface area contributed by atoms with E-state index in [2.05, 4.69) is 26.2 Å². The topological polar surface area (TPSA) is 49.2 Å². The van der Waals surface area contributed by atoms with E-state index in [0.29, 0.717) is 13.2 Å². The van der Waals surface area contributed by atoms with Crippen molar-refractivity contribution in [2.24, 2.45) is 0 Å². The monoisotopic (exact) mass is 325 g/mol. The Morgan fingerprint density at radius 1 is 1.26 bits per heavy atom. The molecular formula is C13H16BrN3O2. The molecule has 102 valence electrons. The summed E-state index contributed by atoms with van der Waals surface area (Å²) in [6.45, 7) is 1.19. The number of para-hydroxylation sites is 2. The minimum absolute atomic E-state index is 0.525. The molecule has 1 heterocycles. The molecule has 0 atom stereocenters. The van der Waals surface area contributed by atoms with Gasteiger partial charge >= 0.3 is 0 Å². The van der Waals surface area contributed by atoms with Crippen molar-refractivity contribution in [2.45, 2.75) is 13.0 Å². The Bertz CT molecular complexity index is 516. The molecule has 0 bridgehead atoms. The van der Waals surface area contributed by atoms with Crippen LogP contribution in [0.3, 0.4) is 0 Å². The minimum Gasteiger partial charge on any atom is -0.493 e. The van der Waals surface area contributed by atoms with Crippen molar-refractivity contribution >= 4 is 15.9 Å². The molecule has 19 heavy (non-hydrogen) atoms. The molecule has 2 aromatic rings. The van der Waals surface area contributed by atoms with Gasteiger partial charge in [0.2, 0.25) is 0 Å². The third kappa shape index (κ3) is 3.96. The van der Waals surface area contributed by atoms with Gasteiger partial charge in [-0.05, 0) is 12.1 Å². The lowest BCUT2D eigenvalue weighted by molar-refractivity contribution is 0.273. The first-order valence-electron chi connectivity index (χ1n) is 6.04. The van der Waals surface area contributed by atoms with Gasteiger partial charge in [0.15, 0.2) is 11.5 Å². The fourth-order valence-corrected chi connectivity index (χ4v) is 2.05. The van der Waals surface area contributed by atoms with Crippen molar-refractivity contribution in [3.05, 3.63) is 36.2 Å². The summed E-state index contributed by atoms with van der Waals surface area (Å²) in [5.41, 5.74) is 0.981. The third-order valence-corrected chi connectivity index (χ3v) is 2.98. The van der Waals surface area contributed by atoms with Gasteiger partial charge in [-0.25, -0.2) is 4.68 Å². The van der Waals surface area contributed by atoms with Gasteiger partial charge < -0.3 is 9.47 Å². The summed E-state index contributed by atoms with van der Waals surface area (Å²) in [7, 11) is 1.63. The van der Waals surface area contributed by atoms with Crippen LogP contribution in [0.25, 0.3) is 0 Å². The molecule has 0 unspecified atom stereocenters. The first kappa shape index (κ1) is 13.9. The van der Waals surface area contributed by atoms with Crippen molar-refractivity contribution < 1.29 is 9.47 Å². The van der Waals surface area contributed by atoms with Gasteiger partial charge in [0, 0.05) is 17.9 Å². The van der Waals surface area contributed by atoms with Crippen LogP contribution < -0.4 is 9.47 Å². The number of alkyl halides is 1. The summed E-state index contributed by atoms with van der Waals surface area (Å²) < 4.78 is 12.7. The van der Waals surface area contributed by atoms with Crippen LogP contribution in [0.15, 0.2) is 30.5 Å². The molecule has 0 N–H and O–H groups in total. The number of halogens is 1. The Kier molecular flexibility index (Phi) is 5.20. The summed E-state index contributed by atoms with van der Waals surface area (Å²) in [4.78, 5) is 0. The molecule has 2 rings (SSSR count). The molecule has 6 heteroatoms. The van der Waals surface area contributed by atoms with E-state index in [4.69, 9.17) is 9.47 Å². The molecule has 0 aliphatic carbocycles. The van der Waals surface area contributed by atoms with Crippen molar-refractivity contribution in [3.8, 4) is 11.5 Å². The van der Waals surface area contributed by atoms with E-state index in [-0.39, 0.29) is 0 Å². The Balaban J connectivity index is 1.85. The molecule has 0 radical (unpaired) electrons. The molecule has 1 aromatic heterocycles. The van der Waals surface area contributed by atoms with Gasteiger partial charge in [-0.1, -0.05) is 33.3 Å². The van der Waals surface area contributed by atoms with Crippen LogP contribution in [0.2, 0.25) is 0 Å². The highest BCUT2D eigenvalue weighted by atomic mass is 79.9. The smallest absolute Gasteiger partial charge is 0.161 e. The van der Waals surface area contributed by atoms with Crippen molar-refractivity contribution in [3.63, 3.8) is 0 Å². The van der Waals surface area contributed by atoms with E-state index >= 15 is 0 Å². The zero-order valence-electron chi connectivity index (χ0n) is 10.8. The maximum atomic E-state index is 5.68. The van der Waals surface area contributed by atoms with E-state index in [0.717, 1.165) is 28.9 Å². The second kappa shape index (κ2) is 7.13. The SMILES string of the molecule is COc1ccccc1OCCn1cc(CCBr)nn1. The lowest BCUT2D eigenvalue weighted by atomic mass is 10.3. The van der Waals surface area contributed by atoms with Crippen molar-refractivity contribution in [2.75, 3.05) is 19.0 Å². The van der Waals surface area contributed by atoms with Gasteiger partial charge in [-0.3, -0.25) is 0 Å². The largest absolute Gasteiger partial charge is 0.493 e. The highest BCUT2D eigenvalue weighted by molar-refractivity contribution is 9.09. The zero-order valence-corrected chi connectivity index (χ0v) is 12.3. The Morgan fingerprint density at radius 2 is 2.05 bits per heavy atom. The summed E-state index contributed by atoms with van der Waals surface area (Å²) in [5, 5.41) is 9.00. The van der Waals surface area contributed by atoms with Crippen LogP contribution in [0.5, 0.6) is 11.5 Å². The number of hydrogen-bond donors (Lipinski definition) is 0. The van der Waals surface area contributed by atoms with E-state index in [1.54, 1.807) is 11.8 Å². The van der Waals surface area contributed by atoms with Crippen LogP contribution in [0.4, 0.5) is 0 Å². The standard InChI is InChI=1S/C13H16BrN3O2/c1-18-12-4-2-3-5-13(12)19-9-8-17-10-11(6-7-14)15-16-17/h2-5,10H,6-9H2,1H3. The van der Waals surface area contributed by atoms with Gasteiger partial charge in [-0.2, -0.15) is 0 Å². The summed E-state index contributed by atoms with van der Waals surface area (Å²) in [6, 6.07) is 7.59. The third-order valence-electron chi connectivity index (χ3n) is 2.58. The summed E-state index contributed by atoms with van der Waals surface area (Å²) >= 11 is 3.38. The maximum absolute atomic E-state index is 5.68. The second-order valence-electron chi connectivity index (χ2n) is 3.91. The Labute approximate surface area is 120 Å². The fourth-order valence-electron chi connectivity index (χ4n) is 1.65. The molecule has 0 amide bonds. The zero-order chi connectivity index (χ0) is 13.5. The van der Waals surface area contributed by atoms with E-state index in [1.165, 1.54) is 0 Å².